The van der Waals surface area contributed by atoms with E-state index >= 15 is 0 Å². The standard InChI is InChI=1S/C26H28N4O4S/c1-33-26(32)18-6-2-3-8-21(18)34-15-5-12-30-13-10-17(11-14-30)27-25(31)23-16-20-24-19(28-29-20)7-4-9-22(24)35-23/h2-4,6-9,16-17H,5,10-15H2,1H3,(H,27,31)(H,28,29). The highest BCUT2D eigenvalue weighted by Crippen LogP contribution is 2.39. The number of nitrogens with one attached hydrogen (secondary N) is 2. The SMILES string of the molecule is COC(=O)c1ccccc1OCCCN1CCC(NC(=O)C2=Cc3[nH]nc4cccc(c34)S2)CC1. The number of hydrogen-bond donors (Lipinski definition) is 2. The zero-order valence-corrected chi connectivity index (χ0v) is 20.4. The van der Waals surface area contributed by atoms with E-state index in [9.17, 15) is 9.59 Å². The predicted molar refractivity (Wildman–Crippen MR) is 135 cm³/mol. The Kier molecular flexibility index (Phi) is 7.06. The van der Waals surface area contributed by atoms with Crippen LogP contribution in [0.15, 0.2) is 52.3 Å². The molecular weight excluding hydrogens is 464 g/mol. The first kappa shape index (κ1) is 23.4. The van der Waals surface area contributed by atoms with Crippen LogP contribution in [0.5, 0.6) is 5.75 Å². The van der Waals surface area contributed by atoms with Crippen molar-refractivity contribution < 1.29 is 19.1 Å². The van der Waals surface area contributed by atoms with Crippen LogP contribution >= 0.6 is 11.8 Å². The number of benzene rings is 2. The molecule has 3 aromatic rings. The first-order chi connectivity index (χ1) is 17.1. The van der Waals surface area contributed by atoms with Gasteiger partial charge in [-0.15, -0.1) is 0 Å². The smallest absolute Gasteiger partial charge is 0.341 e. The number of H-pyrrole nitrogens is 1. The van der Waals surface area contributed by atoms with Crippen LogP contribution in [0.1, 0.15) is 35.3 Å². The number of nitrogens with zero attached hydrogens (tertiary/aromatic N) is 2. The van der Waals surface area contributed by atoms with Crippen molar-refractivity contribution in [3.05, 3.63) is 58.6 Å². The molecule has 3 heterocycles. The second kappa shape index (κ2) is 10.5. The van der Waals surface area contributed by atoms with E-state index < -0.39 is 5.97 Å². The highest BCUT2D eigenvalue weighted by atomic mass is 32.2. The number of para-hydroxylation sites is 1. The normalized spacial score (nSPS) is 16.1. The largest absolute Gasteiger partial charge is 0.493 e. The monoisotopic (exact) mass is 492 g/mol. The number of carbonyl (C=O) groups is 2. The summed E-state index contributed by atoms with van der Waals surface area (Å²) in [5.41, 5.74) is 2.26. The number of piperidine rings is 1. The number of esters is 1. The Hall–Kier alpha value is -3.30. The van der Waals surface area contributed by atoms with Gasteiger partial charge in [0.2, 0.25) is 0 Å². The third-order valence-electron chi connectivity index (χ3n) is 6.38. The maximum Gasteiger partial charge on any atom is 0.341 e. The molecule has 2 aliphatic rings. The van der Waals surface area contributed by atoms with Gasteiger partial charge >= 0.3 is 5.97 Å². The fraction of sp³-hybridized carbons (Fsp3) is 0.346. The summed E-state index contributed by atoms with van der Waals surface area (Å²) in [5, 5.41) is 11.7. The summed E-state index contributed by atoms with van der Waals surface area (Å²) in [6.07, 6.45) is 4.59. The van der Waals surface area contributed by atoms with Crippen molar-refractivity contribution in [3.63, 3.8) is 0 Å². The highest BCUT2D eigenvalue weighted by molar-refractivity contribution is 8.04. The third-order valence-corrected chi connectivity index (χ3v) is 7.46. The molecule has 2 aromatic carbocycles. The molecule has 8 nitrogen and oxygen atoms in total. The van der Waals surface area contributed by atoms with E-state index in [-0.39, 0.29) is 11.9 Å². The maximum atomic E-state index is 12.9. The summed E-state index contributed by atoms with van der Waals surface area (Å²) in [6, 6.07) is 13.3. The van der Waals surface area contributed by atoms with E-state index in [4.69, 9.17) is 9.47 Å². The molecular formula is C26H28N4O4S. The van der Waals surface area contributed by atoms with Crippen LogP contribution in [-0.2, 0) is 9.53 Å². The van der Waals surface area contributed by atoms with Gasteiger partial charge in [0.15, 0.2) is 0 Å². The van der Waals surface area contributed by atoms with E-state index in [0.717, 1.165) is 60.4 Å². The van der Waals surface area contributed by atoms with Crippen molar-refractivity contribution in [3.8, 4) is 5.75 Å². The summed E-state index contributed by atoms with van der Waals surface area (Å²) < 4.78 is 10.6. The number of methoxy groups -OCH3 is 1. The average Bonchev–Trinajstić information content (AvgIpc) is 3.31. The fourth-order valence-electron chi connectivity index (χ4n) is 4.54. The number of carbonyl (C=O) groups excluding carboxylic acids is 2. The van der Waals surface area contributed by atoms with Crippen LogP contribution < -0.4 is 10.1 Å². The predicted octanol–water partition coefficient (Wildman–Crippen LogP) is 3.85. The Labute approximate surface area is 208 Å². The molecule has 0 saturated carbocycles. The second-order valence-corrected chi connectivity index (χ2v) is 9.76. The molecule has 1 saturated heterocycles. The number of hydrogen-bond acceptors (Lipinski definition) is 7. The van der Waals surface area contributed by atoms with E-state index in [1.807, 2.05) is 30.3 Å². The Morgan fingerprint density at radius 1 is 1.17 bits per heavy atom. The molecule has 1 aromatic heterocycles. The van der Waals surface area contributed by atoms with E-state index in [0.29, 0.717) is 22.8 Å². The van der Waals surface area contributed by atoms with Gasteiger partial charge in [0.25, 0.3) is 5.91 Å². The van der Waals surface area contributed by atoms with Gasteiger partial charge in [-0.25, -0.2) is 4.79 Å². The van der Waals surface area contributed by atoms with Crippen molar-refractivity contribution in [1.29, 1.82) is 0 Å². The number of aromatic amines is 1. The molecule has 182 valence electrons. The summed E-state index contributed by atoms with van der Waals surface area (Å²) >= 11 is 1.50. The third kappa shape index (κ3) is 5.21. The summed E-state index contributed by atoms with van der Waals surface area (Å²) in [7, 11) is 1.37. The Bertz CT molecular complexity index is 1260. The molecule has 0 spiro atoms. The maximum absolute atomic E-state index is 12.9. The van der Waals surface area contributed by atoms with E-state index in [1.165, 1.54) is 18.9 Å². The van der Waals surface area contributed by atoms with Gasteiger partial charge < -0.3 is 19.7 Å². The van der Waals surface area contributed by atoms with Crippen LogP contribution in [0.25, 0.3) is 17.0 Å². The second-order valence-electron chi connectivity index (χ2n) is 8.68. The lowest BCUT2D eigenvalue weighted by Gasteiger charge is -2.32. The lowest BCUT2D eigenvalue weighted by Crippen LogP contribution is -2.45. The zero-order chi connectivity index (χ0) is 24.2. The fourth-order valence-corrected chi connectivity index (χ4v) is 5.57. The van der Waals surface area contributed by atoms with E-state index in [1.54, 1.807) is 18.2 Å². The molecule has 0 atom stereocenters. The number of ether oxygens (including phenoxy) is 2. The molecule has 35 heavy (non-hydrogen) atoms. The lowest BCUT2D eigenvalue weighted by molar-refractivity contribution is -0.117. The van der Waals surface area contributed by atoms with Crippen molar-refractivity contribution in [2.45, 2.75) is 30.2 Å². The highest BCUT2D eigenvalue weighted by Gasteiger charge is 2.25. The van der Waals surface area contributed by atoms with Crippen LogP contribution in [-0.4, -0.2) is 66.4 Å². The minimum Gasteiger partial charge on any atom is -0.493 e. The molecule has 0 bridgehead atoms. The van der Waals surface area contributed by atoms with Gasteiger partial charge in [-0.05, 0) is 49.6 Å². The van der Waals surface area contributed by atoms with Crippen LogP contribution in [0.3, 0.4) is 0 Å². The van der Waals surface area contributed by atoms with Crippen molar-refractivity contribution in [2.24, 2.45) is 0 Å². The topological polar surface area (TPSA) is 96.5 Å². The molecule has 0 unspecified atom stereocenters. The molecule has 2 aliphatic heterocycles. The Balaban J connectivity index is 1.06. The molecule has 1 fully saturated rings. The van der Waals surface area contributed by atoms with Gasteiger partial charge in [-0.1, -0.05) is 30.0 Å². The number of likely N-dealkylation sites (tertiary alicyclic amines) is 1. The molecule has 2 N–H and O–H groups in total. The van der Waals surface area contributed by atoms with Crippen molar-refractivity contribution in [2.75, 3.05) is 33.4 Å². The quantitative estimate of drug-likeness (QED) is 0.364. The molecule has 5 rings (SSSR count). The number of thioether (sulfide) groups is 1. The Morgan fingerprint density at radius 2 is 2.00 bits per heavy atom. The van der Waals surface area contributed by atoms with Crippen LogP contribution in [0, 0.1) is 0 Å². The molecule has 9 heteroatoms. The van der Waals surface area contributed by atoms with E-state index in [2.05, 4.69) is 20.4 Å². The average molecular weight is 493 g/mol. The number of aromatic nitrogens is 2. The molecule has 0 radical (unpaired) electrons. The minimum absolute atomic E-state index is 0.0247. The van der Waals surface area contributed by atoms with Gasteiger partial charge in [0.1, 0.15) is 11.3 Å². The first-order valence-corrected chi connectivity index (χ1v) is 12.6. The van der Waals surface area contributed by atoms with Gasteiger partial charge in [0.05, 0.1) is 29.8 Å². The van der Waals surface area contributed by atoms with Crippen LogP contribution in [0.4, 0.5) is 0 Å². The summed E-state index contributed by atoms with van der Waals surface area (Å²) in [5.74, 6) is 0.131. The molecule has 1 amide bonds. The van der Waals surface area contributed by atoms with Crippen LogP contribution in [0.2, 0.25) is 0 Å². The summed E-state index contributed by atoms with van der Waals surface area (Å²) in [4.78, 5) is 29.0. The minimum atomic E-state index is -0.394. The lowest BCUT2D eigenvalue weighted by atomic mass is 10.0. The van der Waals surface area contributed by atoms with Crippen molar-refractivity contribution >= 4 is 40.6 Å². The molecule has 0 aliphatic carbocycles. The Morgan fingerprint density at radius 3 is 2.83 bits per heavy atom. The number of rotatable bonds is 8. The summed E-state index contributed by atoms with van der Waals surface area (Å²) in [6.45, 7) is 3.30. The van der Waals surface area contributed by atoms with Gasteiger partial charge in [-0.2, -0.15) is 5.10 Å². The first-order valence-electron chi connectivity index (χ1n) is 11.8. The zero-order valence-electron chi connectivity index (χ0n) is 19.6. The van der Waals surface area contributed by atoms with Gasteiger partial charge in [0, 0.05) is 36.0 Å². The van der Waals surface area contributed by atoms with Crippen molar-refractivity contribution in [1.82, 2.24) is 20.4 Å². The van der Waals surface area contributed by atoms with Gasteiger partial charge in [-0.3, -0.25) is 9.89 Å². The number of amides is 1.